The summed E-state index contributed by atoms with van der Waals surface area (Å²) in [6.45, 7) is 6.64. The summed E-state index contributed by atoms with van der Waals surface area (Å²) in [5, 5.41) is 45.6. The van der Waals surface area contributed by atoms with E-state index in [-0.39, 0.29) is 71.0 Å². The minimum atomic E-state index is -1.02. The van der Waals surface area contributed by atoms with Crippen LogP contribution in [0.4, 0.5) is 0 Å². The van der Waals surface area contributed by atoms with E-state index in [9.17, 15) is 14.7 Å². The molecule has 2 heterocycles. The molecular formula is C29H29N6NaO7. The summed E-state index contributed by atoms with van der Waals surface area (Å²) in [5.41, 5.74) is 6.29. The number of aromatic amines is 2. The van der Waals surface area contributed by atoms with E-state index in [0.717, 1.165) is 16.7 Å². The van der Waals surface area contributed by atoms with E-state index < -0.39 is 11.9 Å². The van der Waals surface area contributed by atoms with E-state index in [4.69, 9.17) is 25.5 Å². The first-order valence-electron chi connectivity index (χ1n) is 12.2. The number of carboxylic acids is 1. The average molecular weight is 597 g/mol. The number of rotatable bonds is 6. The molecule has 2 aromatic heterocycles. The van der Waals surface area contributed by atoms with E-state index >= 15 is 0 Å². The molecule has 13 nitrogen and oxygen atoms in total. The predicted molar refractivity (Wildman–Crippen MR) is 149 cm³/mol. The monoisotopic (exact) mass is 596 g/mol. The molecule has 43 heavy (non-hydrogen) atoms. The van der Waals surface area contributed by atoms with Gasteiger partial charge in [0, 0.05) is 11.1 Å². The van der Waals surface area contributed by atoms with Gasteiger partial charge in [-0.2, -0.15) is 10.5 Å². The number of aliphatic hydroxyl groups is 2. The molecule has 6 N–H and O–H groups in total. The van der Waals surface area contributed by atoms with Gasteiger partial charge < -0.3 is 35.5 Å². The van der Waals surface area contributed by atoms with Crippen molar-refractivity contribution in [3.05, 3.63) is 80.7 Å². The van der Waals surface area contributed by atoms with Crippen LogP contribution in [-0.2, 0) is 18.0 Å². The smallest absolute Gasteiger partial charge is 0.870 e. The number of aromatic carboxylic acids is 1. The number of carboxylic acid groups (broad SMARTS) is 1. The number of hydrogen-bond donors (Lipinski definition) is 5. The fourth-order valence-corrected chi connectivity index (χ4v) is 4.35. The zero-order valence-electron chi connectivity index (χ0n) is 24.5. The Morgan fingerprint density at radius 2 is 1.19 bits per heavy atom. The van der Waals surface area contributed by atoms with Crippen molar-refractivity contribution in [1.82, 2.24) is 19.9 Å². The second kappa shape index (κ2) is 15.8. The van der Waals surface area contributed by atoms with Crippen LogP contribution >= 0.6 is 0 Å². The van der Waals surface area contributed by atoms with Crippen LogP contribution in [0.1, 0.15) is 66.0 Å². The number of esters is 1. The number of aryl methyl sites for hydroxylation is 4. The molecule has 0 aliphatic rings. The number of carbonyl (C=O) groups excluding carboxylic acids is 1. The van der Waals surface area contributed by atoms with Gasteiger partial charge in [-0.1, -0.05) is 12.1 Å². The maximum absolute atomic E-state index is 11.8. The van der Waals surface area contributed by atoms with Gasteiger partial charge in [0.05, 0.1) is 29.6 Å². The Labute approximate surface area is 269 Å². The SMILES string of the molecule is COC(=O)c1cc(-c2[nH]c(CO)nc2C#N)c(C)cc1C.Cc1cc(C)c(-c2[nH]c(CO)nc2C#N)cc1C(=O)O.[Na+].[OH-]. The minimum Gasteiger partial charge on any atom is -0.870 e. The fourth-order valence-electron chi connectivity index (χ4n) is 4.35. The molecule has 0 amide bonds. The van der Waals surface area contributed by atoms with Gasteiger partial charge in [-0.05, 0) is 62.1 Å². The second-order valence-electron chi connectivity index (χ2n) is 9.11. The number of aliphatic hydroxyl groups excluding tert-OH is 2. The summed E-state index contributed by atoms with van der Waals surface area (Å²) in [4.78, 5) is 36.7. The molecule has 14 heteroatoms. The van der Waals surface area contributed by atoms with Crippen LogP contribution in [0.3, 0.4) is 0 Å². The van der Waals surface area contributed by atoms with E-state index in [0.29, 0.717) is 39.5 Å². The normalized spacial score (nSPS) is 9.79. The van der Waals surface area contributed by atoms with Gasteiger partial charge >= 0.3 is 41.5 Å². The average Bonchev–Trinajstić information content (AvgIpc) is 3.56. The van der Waals surface area contributed by atoms with Crippen LogP contribution in [0.2, 0.25) is 0 Å². The topological polar surface area (TPSA) is 239 Å². The second-order valence-corrected chi connectivity index (χ2v) is 9.11. The number of nitrogens with zero attached hydrogens (tertiary/aromatic N) is 4. The molecule has 4 rings (SSSR count). The van der Waals surface area contributed by atoms with Gasteiger partial charge in [0.1, 0.15) is 37.0 Å². The summed E-state index contributed by atoms with van der Waals surface area (Å²) in [6, 6.07) is 10.7. The van der Waals surface area contributed by atoms with Crippen molar-refractivity contribution >= 4 is 11.9 Å². The zero-order valence-corrected chi connectivity index (χ0v) is 26.5. The van der Waals surface area contributed by atoms with Gasteiger partial charge in [-0.3, -0.25) is 0 Å². The van der Waals surface area contributed by atoms with Crippen LogP contribution in [0, 0.1) is 50.4 Å². The fraction of sp³-hybridized carbons (Fsp3) is 0.241. The zero-order chi connectivity index (χ0) is 30.4. The first kappa shape index (κ1) is 36.7. The van der Waals surface area contributed by atoms with Gasteiger partial charge in [0.2, 0.25) is 0 Å². The van der Waals surface area contributed by atoms with Crippen LogP contribution in [-0.4, -0.2) is 59.8 Å². The summed E-state index contributed by atoms with van der Waals surface area (Å²) in [5.74, 6) is -0.882. The number of H-pyrrole nitrogens is 2. The number of carbonyl (C=O) groups is 2. The van der Waals surface area contributed by atoms with E-state index in [1.807, 2.05) is 39.0 Å². The van der Waals surface area contributed by atoms with E-state index in [2.05, 4.69) is 19.9 Å². The molecule has 0 atom stereocenters. The number of nitriles is 2. The largest absolute Gasteiger partial charge is 1.00 e. The Hall–Kier alpha value is -4.34. The number of benzene rings is 2. The summed E-state index contributed by atoms with van der Waals surface area (Å²) in [6.07, 6.45) is 0. The Kier molecular flexibility index (Phi) is 13.5. The third kappa shape index (κ3) is 7.94. The minimum absolute atomic E-state index is 0. The van der Waals surface area contributed by atoms with E-state index in [1.165, 1.54) is 13.2 Å². The molecule has 0 fully saturated rings. The van der Waals surface area contributed by atoms with E-state index in [1.54, 1.807) is 19.1 Å². The molecule has 0 aliphatic heterocycles. The molecule has 0 spiro atoms. The van der Waals surface area contributed by atoms with Gasteiger partial charge in [0.15, 0.2) is 11.4 Å². The summed E-state index contributed by atoms with van der Waals surface area (Å²) in [7, 11) is 1.32. The number of imidazole rings is 2. The number of aromatic nitrogens is 4. The first-order valence-corrected chi connectivity index (χ1v) is 12.2. The molecule has 0 unspecified atom stereocenters. The molecular weight excluding hydrogens is 567 g/mol. The molecule has 0 radical (unpaired) electrons. The van der Waals surface area contributed by atoms with Gasteiger partial charge in [-0.25, -0.2) is 19.6 Å². The molecule has 0 saturated carbocycles. The number of nitrogens with one attached hydrogen (secondary N) is 2. The Morgan fingerprint density at radius 3 is 1.53 bits per heavy atom. The Balaban J connectivity index is 0.000000411. The number of hydrogen-bond acceptors (Lipinski definition) is 10. The quantitative estimate of drug-likeness (QED) is 0.151. The van der Waals surface area contributed by atoms with Crippen molar-refractivity contribution in [3.8, 4) is 34.7 Å². The molecule has 2 aromatic carbocycles. The van der Waals surface area contributed by atoms with Crippen molar-refractivity contribution < 1.29 is 64.7 Å². The van der Waals surface area contributed by atoms with Crippen molar-refractivity contribution in [2.24, 2.45) is 0 Å². The maximum Gasteiger partial charge on any atom is 1.00 e. The van der Waals surface area contributed by atoms with Crippen LogP contribution in [0.15, 0.2) is 24.3 Å². The predicted octanol–water partition coefficient (Wildman–Crippen LogP) is 0.427. The summed E-state index contributed by atoms with van der Waals surface area (Å²) >= 11 is 0. The van der Waals surface area contributed by atoms with Crippen molar-refractivity contribution in [2.45, 2.75) is 40.9 Å². The Morgan fingerprint density at radius 1 is 0.791 bits per heavy atom. The summed E-state index contributed by atoms with van der Waals surface area (Å²) < 4.78 is 4.76. The molecule has 0 aliphatic carbocycles. The number of ether oxygens (including phenoxy) is 1. The standard InChI is InChI=1S/C15H15N3O3.C14H13N3O3.Na.H2O/c1-8-4-9(2)11(15(20)21-3)5-10(8)14-12(6-16)17-13(7-19)18-14;1-7-3-8(2)10(14(19)20)4-9(7)13-11(5-15)16-12(6-18)17-13;;/h4-5,19H,7H2,1-3H3,(H,17,18);3-4,18H,6H2,1-2H3,(H,16,17)(H,19,20);;1H2/q;;+1;/p-1. The molecule has 0 bridgehead atoms. The third-order valence-electron chi connectivity index (χ3n) is 6.33. The maximum atomic E-state index is 11.8. The van der Waals surface area contributed by atoms with Crippen LogP contribution in [0.25, 0.3) is 22.5 Å². The molecule has 218 valence electrons. The Bertz CT molecular complexity index is 1730. The van der Waals surface area contributed by atoms with Gasteiger partial charge in [-0.15, -0.1) is 0 Å². The first-order chi connectivity index (χ1) is 19.5. The van der Waals surface area contributed by atoms with Gasteiger partial charge in [0.25, 0.3) is 0 Å². The molecule has 0 saturated heterocycles. The van der Waals surface area contributed by atoms with Crippen LogP contribution in [0.5, 0.6) is 0 Å². The molecule has 4 aromatic rings. The van der Waals surface area contributed by atoms with Crippen LogP contribution < -0.4 is 29.6 Å². The van der Waals surface area contributed by atoms with Crippen molar-refractivity contribution in [2.75, 3.05) is 7.11 Å². The number of methoxy groups -OCH3 is 1. The third-order valence-corrected chi connectivity index (χ3v) is 6.33. The van der Waals surface area contributed by atoms with Crippen molar-refractivity contribution in [1.29, 1.82) is 10.5 Å². The van der Waals surface area contributed by atoms with Crippen molar-refractivity contribution in [3.63, 3.8) is 0 Å².